The van der Waals surface area contributed by atoms with E-state index in [9.17, 15) is 35.5 Å². The number of rotatable bonds is 6. The first-order valence-electron chi connectivity index (χ1n) is 8.52. The summed E-state index contributed by atoms with van der Waals surface area (Å²) in [5.74, 6) is -1.24. The van der Waals surface area contributed by atoms with Crippen LogP contribution in [0.2, 0.25) is 0 Å². The minimum absolute atomic E-state index is 0.00624. The molecule has 2 aliphatic rings. The van der Waals surface area contributed by atoms with Crippen molar-refractivity contribution in [3.63, 3.8) is 0 Å². The molecular weight excluding hydrogens is 563 g/mol. The summed E-state index contributed by atoms with van der Waals surface area (Å²) >= 11 is 1.75. The number of halogens is 1. The number of allylic oxidation sites excluding steroid dienone is 8. The Morgan fingerprint density at radius 2 is 1.23 bits per heavy atom. The van der Waals surface area contributed by atoms with E-state index in [1.165, 1.54) is 24.3 Å². The normalized spacial score (nSPS) is 25.3. The third kappa shape index (κ3) is 5.79. The Hall–Kier alpha value is -2.07. The van der Waals surface area contributed by atoms with Gasteiger partial charge in [0.15, 0.2) is 0 Å². The number of carbonyl (C=O) groups excluding carboxylic acids is 2. The fraction of sp³-hybridized carbons (Fsp3) is 0.222. The van der Waals surface area contributed by atoms with Gasteiger partial charge in [0.2, 0.25) is 21.6 Å². The van der Waals surface area contributed by atoms with Gasteiger partial charge in [0.05, 0.1) is 4.43 Å². The molecule has 0 radical (unpaired) electrons. The molecule has 2 amide bonds. The van der Waals surface area contributed by atoms with Crippen molar-refractivity contribution in [2.45, 2.75) is 16.7 Å². The molecular formula is C18H19IN2O8S2. The highest BCUT2D eigenvalue weighted by Gasteiger charge is 2.41. The molecule has 0 fully saturated rings. The quantitative estimate of drug-likeness (QED) is 0.204. The summed E-state index contributed by atoms with van der Waals surface area (Å²) in [5, 5.41) is 4.42. The van der Waals surface area contributed by atoms with E-state index >= 15 is 0 Å². The molecule has 0 heterocycles. The molecule has 0 saturated carbocycles. The number of hydrogen-bond donors (Lipinski definition) is 4. The van der Waals surface area contributed by atoms with E-state index in [1.807, 2.05) is 0 Å². The summed E-state index contributed by atoms with van der Waals surface area (Å²) in [7, 11) is -9.34. The van der Waals surface area contributed by atoms with Crippen LogP contribution in [0.1, 0.15) is 6.92 Å². The lowest BCUT2D eigenvalue weighted by molar-refractivity contribution is -0.120. The molecule has 0 aromatic heterocycles. The van der Waals surface area contributed by atoms with Gasteiger partial charge in [-0.3, -0.25) is 18.7 Å². The molecule has 0 saturated heterocycles. The summed E-state index contributed by atoms with van der Waals surface area (Å²) in [6.07, 6.45) is 13.1. The molecule has 0 aromatic carbocycles. The summed E-state index contributed by atoms with van der Waals surface area (Å²) < 4.78 is 65.9. The SMILES string of the molecule is CC(=O)NC1(S(=O)(=O)O)C=CC(=CC=C2C=CC(NC(=O)CI)(S(=O)(=O)O)C=C2)C=C1. The first-order chi connectivity index (χ1) is 14.2. The second-order valence-corrected chi connectivity index (χ2v) is 10.6. The average Bonchev–Trinajstić information content (AvgIpc) is 2.66. The van der Waals surface area contributed by atoms with Crippen LogP contribution in [0.15, 0.2) is 71.9 Å². The minimum Gasteiger partial charge on any atom is -0.329 e. The molecule has 168 valence electrons. The van der Waals surface area contributed by atoms with E-state index in [0.717, 1.165) is 31.2 Å². The molecule has 0 spiro atoms. The Kier molecular flexibility index (Phi) is 7.47. The smallest absolute Gasteiger partial charge is 0.296 e. The zero-order valence-corrected chi connectivity index (χ0v) is 19.8. The van der Waals surface area contributed by atoms with Crippen LogP contribution in [-0.4, -0.2) is 51.9 Å². The fourth-order valence-corrected chi connectivity index (χ4v) is 4.35. The van der Waals surface area contributed by atoms with E-state index in [2.05, 4.69) is 10.6 Å². The predicted molar refractivity (Wildman–Crippen MR) is 122 cm³/mol. The number of amides is 2. The molecule has 31 heavy (non-hydrogen) atoms. The molecule has 0 atom stereocenters. The van der Waals surface area contributed by atoms with Gasteiger partial charge >= 0.3 is 0 Å². The van der Waals surface area contributed by atoms with E-state index in [-0.39, 0.29) is 4.43 Å². The van der Waals surface area contributed by atoms with Crippen molar-refractivity contribution in [3.05, 3.63) is 71.9 Å². The Bertz CT molecular complexity index is 1140. The van der Waals surface area contributed by atoms with E-state index in [4.69, 9.17) is 0 Å². The Morgan fingerprint density at radius 1 is 0.871 bits per heavy atom. The van der Waals surface area contributed by atoms with Gasteiger partial charge in [0.25, 0.3) is 20.2 Å². The van der Waals surface area contributed by atoms with Crippen LogP contribution in [0.4, 0.5) is 0 Å². The van der Waals surface area contributed by atoms with E-state index in [0.29, 0.717) is 11.1 Å². The van der Waals surface area contributed by atoms with Crippen molar-refractivity contribution in [1.29, 1.82) is 0 Å². The Labute approximate surface area is 193 Å². The van der Waals surface area contributed by atoms with Gasteiger partial charge in [-0.2, -0.15) is 16.8 Å². The van der Waals surface area contributed by atoms with Crippen LogP contribution in [0.25, 0.3) is 0 Å². The van der Waals surface area contributed by atoms with Gasteiger partial charge in [-0.05, 0) is 35.5 Å². The molecule has 13 heteroatoms. The van der Waals surface area contributed by atoms with Crippen LogP contribution >= 0.6 is 22.6 Å². The van der Waals surface area contributed by atoms with Gasteiger partial charge in [-0.15, -0.1) is 0 Å². The van der Waals surface area contributed by atoms with Crippen molar-refractivity contribution in [2.75, 3.05) is 4.43 Å². The molecule has 0 aliphatic heterocycles. The molecule has 2 aliphatic carbocycles. The highest BCUT2D eigenvalue weighted by molar-refractivity contribution is 14.1. The molecule has 4 N–H and O–H groups in total. The van der Waals surface area contributed by atoms with Crippen LogP contribution in [0.3, 0.4) is 0 Å². The maximum absolute atomic E-state index is 11.8. The van der Waals surface area contributed by atoms with E-state index < -0.39 is 41.8 Å². The maximum atomic E-state index is 11.8. The Balaban J connectivity index is 2.27. The lowest BCUT2D eigenvalue weighted by atomic mass is 10.0. The topological polar surface area (TPSA) is 167 Å². The van der Waals surface area contributed by atoms with Crippen LogP contribution in [0.5, 0.6) is 0 Å². The molecule has 0 aromatic rings. The lowest BCUT2D eigenvalue weighted by Crippen LogP contribution is -2.52. The number of nitrogens with one attached hydrogen (secondary N) is 2. The van der Waals surface area contributed by atoms with Crippen molar-refractivity contribution >= 4 is 54.6 Å². The largest absolute Gasteiger partial charge is 0.329 e. The minimum atomic E-state index is -4.68. The van der Waals surface area contributed by atoms with Gasteiger partial charge in [0.1, 0.15) is 0 Å². The second kappa shape index (κ2) is 9.20. The van der Waals surface area contributed by atoms with Gasteiger partial charge in [0, 0.05) is 6.92 Å². The summed E-state index contributed by atoms with van der Waals surface area (Å²) in [5.41, 5.74) is 1.04. The highest BCUT2D eigenvalue weighted by Crippen LogP contribution is 2.26. The maximum Gasteiger partial charge on any atom is 0.296 e. The van der Waals surface area contributed by atoms with Gasteiger partial charge < -0.3 is 10.6 Å². The fourth-order valence-electron chi connectivity index (χ4n) is 2.68. The first kappa shape index (κ1) is 25.2. The third-order valence-electron chi connectivity index (χ3n) is 4.24. The first-order valence-corrected chi connectivity index (χ1v) is 12.9. The van der Waals surface area contributed by atoms with Gasteiger partial charge in [-0.1, -0.05) is 59.0 Å². The van der Waals surface area contributed by atoms with Gasteiger partial charge in [-0.25, -0.2) is 0 Å². The standard InChI is InChI=1S/C18H19IN2O8S2/c1-13(22)20-17(30(24,25)26)8-4-14(5-9-17)2-3-15-6-10-18(11-7-15,31(27,28)29)21-16(23)12-19/h2-11H,12H2,1H3,(H,20,22)(H,21,23)(H,24,25,26)(H,27,28,29). The van der Waals surface area contributed by atoms with Crippen molar-refractivity contribution in [2.24, 2.45) is 0 Å². The Morgan fingerprint density at radius 3 is 1.52 bits per heavy atom. The lowest BCUT2D eigenvalue weighted by Gasteiger charge is -2.27. The second-order valence-electron chi connectivity index (χ2n) is 6.57. The highest BCUT2D eigenvalue weighted by atomic mass is 127. The third-order valence-corrected chi connectivity index (χ3v) is 7.39. The molecule has 2 rings (SSSR count). The molecule has 10 nitrogen and oxygen atoms in total. The van der Waals surface area contributed by atoms with Crippen molar-refractivity contribution in [1.82, 2.24) is 10.6 Å². The number of carbonyl (C=O) groups is 2. The number of hydrogen-bond acceptors (Lipinski definition) is 6. The van der Waals surface area contributed by atoms with Crippen LogP contribution < -0.4 is 10.6 Å². The van der Waals surface area contributed by atoms with E-state index in [1.54, 1.807) is 34.7 Å². The monoisotopic (exact) mass is 582 g/mol. The van der Waals surface area contributed by atoms with Crippen LogP contribution in [0, 0.1) is 0 Å². The van der Waals surface area contributed by atoms with Crippen LogP contribution in [-0.2, 0) is 29.8 Å². The predicted octanol–water partition coefficient (Wildman–Crippen LogP) is 0.947. The van der Waals surface area contributed by atoms with Crippen molar-refractivity contribution in [3.8, 4) is 0 Å². The number of alkyl halides is 1. The molecule has 0 bridgehead atoms. The molecule has 0 unspecified atom stereocenters. The average molecular weight is 582 g/mol. The zero-order valence-electron chi connectivity index (χ0n) is 16.0. The summed E-state index contributed by atoms with van der Waals surface area (Å²) in [6.45, 7) is 1.11. The summed E-state index contributed by atoms with van der Waals surface area (Å²) in [4.78, 5) is 18.8. The summed E-state index contributed by atoms with van der Waals surface area (Å²) in [6, 6.07) is 0. The zero-order chi connectivity index (χ0) is 23.5. The van der Waals surface area contributed by atoms with Crippen molar-refractivity contribution < 1.29 is 35.5 Å².